The number of nitrogens with one attached hydrogen (secondary N) is 1. The summed E-state index contributed by atoms with van der Waals surface area (Å²) in [6.07, 6.45) is -0.484. The smallest absolute Gasteiger partial charge is 0.399 e. The Balaban J connectivity index is 1.66. The Hall–Kier alpha value is -2.10. The van der Waals surface area contributed by atoms with Crippen LogP contribution in [0.3, 0.4) is 0 Å². The zero-order chi connectivity index (χ0) is 22.4. The highest BCUT2D eigenvalue weighted by Crippen LogP contribution is 2.38. The average Bonchev–Trinajstić information content (AvgIpc) is 3.21. The molecule has 0 atom stereocenters. The highest BCUT2D eigenvalue weighted by Gasteiger charge is 2.52. The minimum atomic E-state index is -0.566. The van der Waals surface area contributed by atoms with E-state index in [1.54, 1.807) is 14.2 Å². The van der Waals surface area contributed by atoms with Crippen LogP contribution in [0.15, 0.2) is 40.9 Å². The van der Waals surface area contributed by atoms with E-state index in [2.05, 4.69) is 10.5 Å². The highest BCUT2D eigenvalue weighted by atomic mass is 35.5. The quantitative estimate of drug-likeness (QED) is 0.432. The number of fused-ring (bicyclic) bond motifs is 1. The molecule has 9 heteroatoms. The second kappa shape index (κ2) is 8.11. The van der Waals surface area contributed by atoms with Crippen LogP contribution in [0.1, 0.15) is 39.5 Å². The summed E-state index contributed by atoms with van der Waals surface area (Å²) >= 11 is 6.75. The average molecular weight is 445 g/mol. The summed E-state index contributed by atoms with van der Waals surface area (Å²) in [4.78, 5) is 0. The minimum Gasteiger partial charge on any atom is -0.399 e. The van der Waals surface area contributed by atoms with E-state index in [1.165, 1.54) is 0 Å². The van der Waals surface area contributed by atoms with Gasteiger partial charge in [0.15, 0.2) is 17.7 Å². The Bertz CT molecular complexity index is 1080. The molecule has 2 heterocycles. The molecule has 3 aromatic rings. The van der Waals surface area contributed by atoms with Crippen LogP contribution in [0.2, 0.25) is 5.02 Å². The van der Waals surface area contributed by atoms with Crippen molar-refractivity contribution in [2.75, 3.05) is 19.5 Å². The fourth-order valence-electron chi connectivity index (χ4n) is 3.49. The van der Waals surface area contributed by atoms with Crippen molar-refractivity contribution in [3.8, 4) is 0 Å². The molecule has 0 spiro atoms. The van der Waals surface area contributed by atoms with Crippen molar-refractivity contribution >= 4 is 46.7 Å². The van der Waals surface area contributed by atoms with Crippen LogP contribution >= 0.6 is 11.6 Å². The van der Waals surface area contributed by atoms with E-state index in [0.717, 1.165) is 16.4 Å². The van der Waals surface area contributed by atoms with Gasteiger partial charge in [-0.15, -0.1) is 0 Å². The fourth-order valence-corrected chi connectivity index (χ4v) is 3.75. The van der Waals surface area contributed by atoms with E-state index < -0.39 is 24.6 Å². The maximum Gasteiger partial charge on any atom is 0.496 e. The molecule has 1 N–H and O–H groups in total. The van der Waals surface area contributed by atoms with Crippen molar-refractivity contribution in [3.05, 3.63) is 47.0 Å². The number of halogens is 1. The Labute approximate surface area is 187 Å². The van der Waals surface area contributed by atoms with Crippen molar-refractivity contribution in [2.24, 2.45) is 0 Å². The van der Waals surface area contributed by atoms with Crippen molar-refractivity contribution in [1.82, 2.24) is 5.16 Å². The van der Waals surface area contributed by atoms with Crippen LogP contribution in [0.4, 0.5) is 11.5 Å². The summed E-state index contributed by atoms with van der Waals surface area (Å²) in [6, 6.07) is 11.3. The molecule has 1 aromatic heterocycles. The van der Waals surface area contributed by atoms with Gasteiger partial charge in [-0.2, -0.15) is 0 Å². The molecule has 0 amide bonds. The van der Waals surface area contributed by atoms with Gasteiger partial charge in [0.05, 0.1) is 27.3 Å². The van der Waals surface area contributed by atoms with Gasteiger partial charge in [-0.1, -0.05) is 35.0 Å². The van der Waals surface area contributed by atoms with Crippen LogP contribution in [0.5, 0.6) is 0 Å². The molecule has 4 rings (SSSR count). The molecule has 1 saturated heterocycles. The largest absolute Gasteiger partial charge is 0.496 e. The molecular weight excluding hydrogens is 419 g/mol. The summed E-state index contributed by atoms with van der Waals surface area (Å²) < 4.78 is 28.5. The van der Waals surface area contributed by atoms with Crippen LogP contribution < -0.4 is 10.8 Å². The van der Waals surface area contributed by atoms with Crippen molar-refractivity contribution in [3.63, 3.8) is 0 Å². The predicted octanol–water partition coefficient (Wildman–Crippen LogP) is 4.82. The molecule has 164 valence electrons. The number of anilines is 2. The number of nitrogens with zero attached hydrogens (tertiary/aromatic N) is 1. The fraction of sp³-hybridized carbons (Fsp3) is 0.409. The molecule has 0 aliphatic carbocycles. The van der Waals surface area contributed by atoms with Crippen LogP contribution in [-0.4, -0.2) is 37.7 Å². The molecular formula is C22H26BClN2O5. The number of hydrogen-bond acceptors (Lipinski definition) is 7. The Morgan fingerprint density at radius 2 is 1.71 bits per heavy atom. The second-order valence-electron chi connectivity index (χ2n) is 8.51. The molecule has 1 fully saturated rings. The zero-order valence-electron chi connectivity index (χ0n) is 18.5. The van der Waals surface area contributed by atoms with Gasteiger partial charge in [-0.25, -0.2) is 0 Å². The Kier molecular flexibility index (Phi) is 5.79. The summed E-state index contributed by atoms with van der Waals surface area (Å²) in [5.74, 6) is 0.538. The number of aromatic nitrogens is 1. The van der Waals surface area contributed by atoms with E-state index in [-0.39, 0.29) is 0 Å². The standard InChI is InChI=1S/C22H26BClN2O5/c1-21(2)22(3,4)31-23(30-21)15-8-7-9-16(18(15)24)25-19-14-12-13(20(27-5)28-6)10-11-17(14)29-26-19/h7-12,20H,1-6H3,(H,25,26). The third-order valence-electron chi connectivity index (χ3n) is 5.98. The lowest BCUT2D eigenvalue weighted by atomic mass is 9.79. The first-order valence-corrected chi connectivity index (χ1v) is 10.4. The molecule has 2 aromatic carbocycles. The normalized spacial score (nSPS) is 17.6. The monoisotopic (exact) mass is 444 g/mol. The minimum absolute atomic E-state index is 0.456. The first kappa shape index (κ1) is 22.1. The van der Waals surface area contributed by atoms with Gasteiger partial charge in [0.1, 0.15) is 0 Å². The van der Waals surface area contributed by atoms with Gasteiger partial charge in [0.2, 0.25) is 0 Å². The van der Waals surface area contributed by atoms with E-state index in [1.807, 2.05) is 64.1 Å². The molecule has 0 radical (unpaired) electrons. The number of rotatable bonds is 6. The molecule has 7 nitrogen and oxygen atoms in total. The Morgan fingerprint density at radius 3 is 2.35 bits per heavy atom. The first-order valence-electron chi connectivity index (χ1n) is 10.0. The molecule has 1 aliphatic rings. The van der Waals surface area contributed by atoms with Crippen molar-refractivity contribution in [2.45, 2.75) is 45.2 Å². The topological polar surface area (TPSA) is 75.0 Å². The molecule has 0 bridgehead atoms. The van der Waals surface area contributed by atoms with Gasteiger partial charge in [-0.05, 0) is 45.9 Å². The predicted molar refractivity (Wildman–Crippen MR) is 121 cm³/mol. The lowest BCUT2D eigenvalue weighted by Gasteiger charge is -2.32. The summed E-state index contributed by atoms with van der Waals surface area (Å²) in [6.45, 7) is 8.04. The van der Waals surface area contributed by atoms with E-state index >= 15 is 0 Å². The number of hydrogen-bond donors (Lipinski definition) is 1. The maximum absolute atomic E-state index is 6.75. The van der Waals surface area contributed by atoms with E-state index in [0.29, 0.717) is 22.1 Å². The molecule has 1 aliphatic heterocycles. The molecule has 0 unspecified atom stereocenters. The summed E-state index contributed by atoms with van der Waals surface area (Å²) in [5.41, 5.74) is 1.99. The third kappa shape index (κ3) is 3.94. The first-order chi connectivity index (χ1) is 14.7. The van der Waals surface area contributed by atoms with E-state index in [4.69, 9.17) is 34.9 Å². The third-order valence-corrected chi connectivity index (χ3v) is 6.40. The van der Waals surface area contributed by atoms with Gasteiger partial charge in [0.25, 0.3) is 0 Å². The summed E-state index contributed by atoms with van der Waals surface area (Å²) in [7, 11) is 2.61. The van der Waals surface area contributed by atoms with Crippen LogP contribution in [-0.2, 0) is 18.8 Å². The lowest BCUT2D eigenvalue weighted by Crippen LogP contribution is -2.41. The van der Waals surface area contributed by atoms with Crippen LogP contribution in [0.25, 0.3) is 11.0 Å². The SMILES string of the molecule is COC(OC)c1ccc2onc(Nc3cccc(B4OC(C)(C)C(C)(C)O4)c3Cl)c2c1. The van der Waals surface area contributed by atoms with Gasteiger partial charge in [-0.3, -0.25) is 0 Å². The number of methoxy groups -OCH3 is 2. The summed E-state index contributed by atoms with van der Waals surface area (Å²) in [5, 5.41) is 8.73. The van der Waals surface area contributed by atoms with Gasteiger partial charge in [0, 0.05) is 25.2 Å². The zero-order valence-corrected chi connectivity index (χ0v) is 19.2. The second-order valence-corrected chi connectivity index (χ2v) is 8.89. The van der Waals surface area contributed by atoms with Gasteiger partial charge < -0.3 is 28.6 Å². The number of ether oxygens (including phenoxy) is 2. The van der Waals surface area contributed by atoms with E-state index in [9.17, 15) is 0 Å². The molecule has 0 saturated carbocycles. The van der Waals surface area contributed by atoms with Crippen molar-refractivity contribution in [1.29, 1.82) is 0 Å². The maximum atomic E-state index is 6.75. The van der Waals surface area contributed by atoms with Crippen molar-refractivity contribution < 1.29 is 23.3 Å². The highest BCUT2D eigenvalue weighted by molar-refractivity contribution is 6.66. The molecule has 31 heavy (non-hydrogen) atoms. The van der Waals surface area contributed by atoms with Gasteiger partial charge >= 0.3 is 7.12 Å². The lowest BCUT2D eigenvalue weighted by molar-refractivity contribution is -0.105. The number of benzene rings is 2. The van der Waals surface area contributed by atoms with Crippen LogP contribution in [0, 0.1) is 0 Å². The Morgan fingerprint density at radius 1 is 1.03 bits per heavy atom.